The average molecular weight is 286 g/mol. The van der Waals surface area contributed by atoms with Gasteiger partial charge in [0.25, 0.3) is 0 Å². The lowest BCUT2D eigenvalue weighted by Gasteiger charge is -2.29. The summed E-state index contributed by atoms with van der Waals surface area (Å²) in [6, 6.07) is 7.94. The highest BCUT2D eigenvalue weighted by Gasteiger charge is 2.15. The topological polar surface area (TPSA) is 64.3 Å². The fourth-order valence-corrected chi connectivity index (χ4v) is 2.30. The van der Waals surface area contributed by atoms with E-state index >= 15 is 0 Å². The van der Waals surface area contributed by atoms with Crippen LogP contribution in [-0.2, 0) is 4.79 Å². The van der Waals surface area contributed by atoms with Gasteiger partial charge in [-0.3, -0.25) is 0 Å². The minimum Gasteiger partial charge on any atom is -0.478 e. The molecule has 4 nitrogen and oxygen atoms in total. The van der Waals surface area contributed by atoms with Crippen molar-refractivity contribution < 1.29 is 9.90 Å². The van der Waals surface area contributed by atoms with Gasteiger partial charge in [-0.05, 0) is 43.0 Å². The third-order valence-corrected chi connectivity index (χ3v) is 3.41. The Morgan fingerprint density at radius 3 is 2.62 bits per heavy atom. The lowest BCUT2D eigenvalue weighted by Crippen LogP contribution is -2.30. The van der Waals surface area contributed by atoms with Crippen LogP contribution in [0.1, 0.15) is 38.3 Å². The highest BCUT2D eigenvalue weighted by atomic mass is 16.4. The van der Waals surface area contributed by atoms with Crippen LogP contribution >= 0.6 is 0 Å². The molecule has 0 amide bonds. The zero-order valence-electron chi connectivity index (χ0n) is 13.0. The SMILES string of the molecule is CC(C)CC(C)N(C)c1ccc(/C=C/C(=O)O)cc1C#N. The average Bonchev–Trinajstić information content (AvgIpc) is 2.43. The van der Waals surface area contributed by atoms with Crippen molar-refractivity contribution in [1.29, 1.82) is 5.26 Å². The summed E-state index contributed by atoms with van der Waals surface area (Å²) in [5, 5.41) is 18.0. The minimum absolute atomic E-state index is 0.331. The van der Waals surface area contributed by atoms with Crippen molar-refractivity contribution in [2.24, 2.45) is 5.92 Å². The van der Waals surface area contributed by atoms with E-state index in [0.717, 1.165) is 18.2 Å². The molecule has 0 bridgehead atoms. The van der Waals surface area contributed by atoms with Gasteiger partial charge in [-0.1, -0.05) is 19.9 Å². The van der Waals surface area contributed by atoms with Gasteiger partial charge >= 0.3 is 5.97 Å². The molecule has 1 rings (SSSR count). The fraction of sp³-hybridized carbons (Fsp3) is 0.412. The summed E-state index contributed by atoms with van der Waals surface area (Å²) in [5.74, 6) is -0.411. The Bertz CT molecular complexity index is 571. The van der Waals surface area contributed by atoms with Gasteiger partial charge in [0.15, 0.2) is 0 Å². The van der Waals surface area contributed by atoms with Gasteiger partial charge in [0.1, 0.15) is 6.07 Å². The van der Waals surface area contributed by atoms with Gasteiger partial charge in [0.2, 0.25) is 0 Å². The highest BCUT2D eigenvalue weighted by Crippen LogP contribution is 2.24. The van der Waals surface area contributed by atoms with E-state index in [-0.39, 0.29) is 0 Å². The maximum Gasteiger partial charge on any atom is 0.328 e. The molecule has 0 aliphatic rings. The van der Waals surface area contributed by atoms with E-state index in [1.165, 1.54) is 6.08 Å². The molecule has 0 aliphatic carbocycles. The molecular weight excluding hydrogens is 264 g/mol. The fourth-order valence-electron chi connectivity index (χ4n) is 2.30. The smallest absolute Gasteiger partial charge is 0.328 e. The number of nitriles is 1. The van der Waals surface area contributed by atoms with Crippen LogP contribution < -0.4 is 4.90 Å². The van der Waals surface area contributed by atoms with E-state index in [1.807, 2.05) is 19.2 Å². The summed E-state index contributed by atoms with van der Waals surface area (Å²) in [4.78, 5) is 12.6. The molecular formula is C17H22N2O2. The van der Waals surface area contributed by atoms with Crippen molar-refractivity contribution in [3.8, 4) is 6.07 Å². The van der Waals surface area contributed by atoms with Gasteiger partial charge in [-0.25, -0.2) is 4.79 Å². The molecule has 0 spiro atoms. The molecule has 112 valence electrons. The van der Waals surface area contributed by atoms with Crippen molar-refractivity contribution >= 4 is 17.7 Å². The van der Waals surface area contributed by atoms with E-state index in [2.05, 4.69) is 31.7 Å². The van der Waals surface area contributed by atoms with Gasteiger partial charge in [-0.15, -0.1) is 0 Å². The number of carboxylic acid groups (broad SMARTS) is 1. The van der Waals surface area contributed by atoms with E-state index < -0.39 is 5.97 Å². The van der Waals surface area contributed by atoms with E-state index in [0.29, 0.717) is 23.1 Å². The van der Waals surface area contributed by atoms with Crippen molar-refractivity contribution in [3.05, 3.63) is 35.4 Å². The summed E-state index contributed by atoms with van der Waals surface area (Å²) in [7, 11) is 1.98. The molecule has 1 aromatic carbocycles. The predicted octanol–water partition coefficient (Wildman–Crippen LogP) is 3.53. The van der Waals surface area contributed by atoms with Crippen molar-refractivity contribution in [2.45, 2.75) is 33.2 Å². The summed E-state index contributed by atoms with van der Waals surface area (Å²) < 4.78 is 0. The number of carboxylic acids is 1. The number of carbonyl (C=O) groups is 1. The molecule has 0 heterocycles. The van der Waals surface area contributed by atoms with Crippen LogP contribution in [0.2, 0.25) is 0 Å². The van der Waals surface area contributed by atoms with Crippen LogP contribution in [-0.4, -0.2) is 24.2 Å². The number of hydrogen-bond donors (Lipinski definition) is 1. The monoisotopic (exact) mass is 286 g/mol. The molecule has 0 aliphatic heterocycles. The van der Waals surface area contributed by atoms with E-state index in [9.17, 15) is 10.1 Å². The van der Waals surface area contributed by atoms with Gasteiger partial charge < -0.3 is 10.0 Å². The highest BCUT2D eigenvalue weighted by molar-refractivity contribution is 5.85. The number of benzene rings is 1. The quantitative estimate of drug-likeness (QED) is 0.812. The molecule has 1 aromatic rings. The summed E-state index contributed by atoms with van der Waals surface area (Å²) >= 11 is 0. The number of nitrogens with zero attached hydrogens (tertiary/aromatic N) is 2. The first-order valence-electron chi connectivity index (χ1n) is 7.03. The molecule has 0 fully saturated rings. The Kier molecular flexibility index (Phi) is 5.98. The van der Waals surface area contributed by atoms with Crippen molar-refractivity contribution in [1.82, 2.24) is 0 Å². The van der Waals surface area contributed by atoms with Crippen LogP contribution in [0, 0.1) is 17.2 Å². The number of rotatable bonds is 6. The second-order valence-electron chi connectivity index (χ2n) is 5.65. The molecule has 0 saturated carbocycles. The number of aliphatic carboxylic acids is 1. The van der Waals surface area contributed by atoms with Crippen LogP contribution in [0.25, 0.3) is 6.08 Å². The first kappa shape index (κ1) is 16.8. The van der Waals surface area contributed by atoms with Crippen LogP contribution in [0.15, 0.2) is 24.3 Å². The van der Waals surface area contributed by atoms with E-state index in [4.69, 9.17) is 5.11 Å². The van der Waals surface area contributed by atoms with Crippen LogP contribution in [0.4, 0.5) is 5.69 Å². The molecule has 1 N–H and O–H groups in total. The van der Waals surface area contributed by atoms with E-state index in [1.54, 1.807) is 6.07 Å². The maximum atomic E-state index is 10.5. The third kappa shape index (κ3) is 4.96. The van der Waals surface area contributed by atoms with Gasteiger partial charge in [-0.2, -0.15) is 5.26 Å². The zero-order chi connectivity index (χ0) is 16.0. The number of anilines is 1. The summed E-state index contributed by atoms with van der Waals surface area (Å²) in [6.45, 7) is 6.49. The van der Waals surface area contributed by atoms with Crippen LogP contribution in [0.3, 0.4) is 0 Å². The minimum atomic E-state index is -1.000. The zero-order valence-corrected chi connectivity index (χ0v) is 13.0. The number of hydrogen-bond acceptors (Lipinski definition) is 3. The lowest BCUT2D eigenvalue weighted by molar-refractivity contribution is -0.131. The van der Waals surface area contributed by atoms with Gasteiger partial charge in [0.05, 0.1) is 11.3 Å². The summed E-state index contributed by atoms with van der Waals surface area (Å²) in [6.07, 6.45) is 3.60. The first-order chi connectivity index (χ1) is 9.85. The Morgan fingerprint density at radius 1 is 1.43 bits per heavy atom. The van der Waals surface area contributed by atoms with Crippen molar-refractivity contribution in [2.75, 3.05) is 11.9 Å². The molecule has 0 saturated heterocycles. The first-order valence-corrected chi connectivity index (χ1v) is 7.03. The second kappa shape index (κ2) is 7.49. The standard InChI is InChI=1S/C17H22N2O2/c1-12(2)9-13(3)19(4)16-7-5-14(6-8-17(20)21)10-15(16)11-18/h5-8,10,12-13H,9H2,1-4H3,(H,20,21)/b8-6+. The summed E-state index contributed by atoms with van der Waals surface area (Å²) in [5.41, 5.74) is 2.14. The third-order valence-electron chi connectivity index (χ3n) is 3.41. The van der Waals surface area contributed by atoms with Gasteiger partial charge in [0, 0.05) is 19.2 Å². The molecule has 0 aromatic heterocycles. The largest absolute Gasteiger partial charge is 0.478 e. The second-order valence-corrected chi connectivity index (χ2v) is 5.65. The maximum absolute atomic E-state index is 10.5. The molecule has 1 unspecified atom stereocenters. The molecule has 21 heavy (non-hydrogen) atoms. The Labute approximate surface area is 126 Å². The molecule has 4 heteroatoms. The Morgan fingerprint density at radius 2 is 2.10 bits per heavy atom. The molecule has 1 atom stereocenters. The van der Waals surface area contributed by atoms with Crippen molar-refractivity contribution in [3.63, 3.8) is 0 Å². The van der Waals surface area contributed by atoms with Crippen LogP contribution in [0.5, 0.6) is 0 Å². The normalized spacial score (nSPS) is 12.4. The Balaban J connectivity index is 3.04. The lowest BCUT2D eigenvalue weighted by atomic mass is 10.0. The predicted molar refractivity (Wildman–Crippen MR) is 85.1 cm³/mol. The Hall–Kier alpha value is -2.28. The molecule has 0 radical (unpaired) electrons.